The van der Waals surface area contributed by atoms with Crippen LogP contribution < -0.4 is 4.90 Å². The zero-order valence-corrected chi connectivity index (χ0v) is 13.6. The average Bonchev–Trinajstić information content (AvgIpc) is 2.68. The van der Waals surface area contributed by atoms with Gasteiger partial charge in [-0.05, 0) is 36.6 Å². The van der Waals surface area contributed by atoms with E-state index in [1.54, 1.807) is 0 Å². The van der Waals surface area contributed by atoms with Crippen molar-refractivity contribution in [2.75, 3.05) is 32.1 Å². The molecule has 4 heteroatoms. The molecule has 0 aromatic heterocycles. The molecule has 1 unspecified atom stereocenters. The van der Waals surface area contributed by atoms with Crippen LogP contribution in [0.4, 0.5) is 5.69 Å². The van der Waals surface area contributed by atoms with Crippen molar-refractivity contribution in [3.63, 3.8) is 0 Å². The van der Waals surface area contributed by atoms with Crippen LogP contribution in [0.5, 0.6) is 0 Å². The van der Waals surface area contributed by atoms with Crippen LogP contribution in [0.25, 0.3) is 6.08 Å². The van der Waals surface area contributed by atoms with Gasteiger partial charge in [0.05, 0.1) is 6.54 Å². The van der Waals surface area contributed by atoms with Crippen LogP contribution in [0.3, 0.4) is 0 Å². The highest BCUT2D eigenvalue weighted by Crippen LogP contribution is 2.41. The maximum absolute atomic E-state index is 11.4. The van der Waals surface area contributed by atoms with Crippen molar-refractivity contribution in [3.8, 4) is 0 Å². The van der Waals surface area contributed by atoms with Crippen LogP contribution in [0.15, 0.2) is 30.0 Å². The zero-order valence-electron chi connectivity index (χ0n) is 13.6. The number of ether oxygens (including phenoxy) is 1. The molecule has 0 spiro atoms. The van der Waals surface area contributed by atoms with Crippen molar-refractivity contribution >= 4 is 17.7 Å². The average molecular weight is 300 g/mol. The number of hydrogen-bond donors (Lipinski definition) is 0. The van der Waals surface area contributed by atoms with Crippen LogP contribution >= 0.6 is 0 Å². The fourth-order valence-corrected chi connectivity index (χ4v) is 3.58. The smallest absolute Gasteiger partial charge is 0.303 e. The molecule has 2 bridgehead atoms. The second-order valence-corrected chi connectivity index (χ2v) is 6.60. The Labute approximate surface area is 132 Å². The van der Waals surface area contributed by atoms with E-state index in [2.05, 4.69) is 40.1 Å². The summed E-state index contributed by atoms with van der Waals surface area (Å²) in [5, 5.41) is 0. The fourth-order valence-electron chi connectivity index (χ4n) is 3.58. The minimum atomic E-state index is -0.297. The van der Waals surface area contributed by atoms with Gasteiger partial charge in [-0.3, -0.25) is 4.79 Å². The summed E-state index contributed by atoms with van der Waals surface area (Å²) >= 11 is 0. The monoisotopic (exact) mass is 300 g/mol. The Balaban J connectivity index is 1.86. The molecule has 1 aromatic rings. The molecule has 0 saturated carbocycles. The van der Waals surface area contributed by atoms with E-state index in [1.807, 2.05) is 14.1 Å². The summed E-state index contributed by atoms with van der Waals surface area (Å²) in [6.45, 7) is 3.41. The standard InChI is InChI=1S/C18H24N2O2/c1-14(21)22-18-8-5-9-20(13-18)17(12-18)11-15-6-4-7-16(10-15)19(2)3/h4,6-7,10-11H,5,8-9,12-13H2,1-3H3/b17-11+. The molecule has 4 nitrogen and oxygen atoms in total. The van der Waals surface area contributed by atoms with Crippen LogP contribution in [0, 0.1) is 0 Å². The van der Waals surface area contributed by atoms with Crippen molar-refractivity contribution in [1.82, 2.24) is 4.90 Å². The first-order valence-electron chi connectivity index (χ1n) is 7.90. The largest absolute Gasteiger partial charge is 0.457 e. The van der Waals surface area contributed by atoms with E-state index < -0.39 is 0 Å². The maximum Gasteiger partial charge on any atom is 0.303 e. The van der Waals surface area contributed by atoms with E-state index in [1.165, 1.54) is 23.9 Å². The third kappa shape index (κ3) is 2.96. The van der Waals surface area contributed by atoms with Gasteiger partial charge in [-0.2, -0.15) is 0 Å². The first kappa shape index (κ1) is 14.9. The van der Waals surface area contributed by atoms with Gasteiger partial charge in [0.25, 0.3) is 0 Å². The predicted molar refractivity (Wildman–Crippen MR) is 88.7 cm³/mol. The molecule has 118 valence electrons. The lowest BCUT2D eigenvalue weighted by atomic mass is 9.94. The Morgan fingerprint density at radius 2 is 2.23 bits per heavy atom. The Hall–Kier alpha value is -1.97. The SMILES string of the molecule is CC(=O)OC12CCCN(C1)/C(=C/c1cccc(N(C)C)c1)C2. The third-order valence-electron chi connectivity index (χ3n) is 4.53. The van der Waals surface area contributed by atoms with Gasteiger partial charge < -0.3 is 14.5 Å². The van der Waals surface area contributed by atoms with E-state index in [0.717, 1.165) is 32.4 Å². The lowest BCUT2D eigenvalue weighted by Gasteiger charge is -2.33. The van der Waals surface area contributed by atoms with Gasteiger partial charge in [0.1, 0.15) is 5.60 Å². The molecule has 2 aliphatic heterocycles. The second kappa shape index (κ2) is 5.67. The van der Waals surface area contributed by atoms with E-state index in [9.17, 15) is 4.79 Å². The Morgan fingerprint density at radius 1 is 1.41 bits per heavy atom. The van der Waals surface area contributed by atoms with Crippen molar-refractivity contribution in [3.05, 3.63) is 35.5 Å². The molecule has 22 heavy (non-hydrogen) atoms. The first-order valence-corrected chi connectivity index (χ1v) is 7.90. The molecule has 3 rings (SSSR count). The number of esters is 1. The van der Waals surface area contributed by atoms with Gasteiger partial charge in [-0.15, -0.1) is 0 Å². The molecule has 1 aromatic carbocycles. The number of fused-ring (bicyclic) bond motifs is 2. The van der Waals surface area contributed by atoms with Crippen molar-refractivity contribution in [2.24, 2.45) is 0 Å². The molecule has 2 aliphatic rings. The van der Waals surface area contributed by atoms with Crippen molar-refractivity contribution in [2.45, 2.75) is 31.8 Å². The minimum absolute atomic E-state index is 0.169. The normalized spacial score (nSPS) is 25.4. The quantitative estimate of drug-likeness (QED) is 0.804. The number of nitrogens with zero attached hydrogens (tertiary/aromatic N) is 2. The number of benzene rings is 1. The summed E-state index contributed by atoms with van der Waals surface area (Å²) in [6, 6.07) is 8.51. The van der Waals surface area contributed by atoms with Gasteiger partial charge in [0.15, 0.2) is 0 Å². The van der Waals surface area contributed by atoms with Gasteiger partial charge in [-0.1, -0.05) is 12.1 Å². The highest BCUT2D eigenvalue weighted by Gasteiger charge is 2.45. The molecule has 0 radical (unpaired) electrons. The third-order valence-corrected chi connectivity index (χ3v) is 4.53. The Kier molecular flexibility index (Phi) is 3.85. The highest BCUT2D eigenvalue weighted by molar-refractivity contribution is 5.67. The number of anilines is 1. The minimum Gasteiger partial charge on any atom is -0.457 e. The van der Waals surface area contributed by atoms with E-state index >= 15 is 0 Å². The molecule has 1 atom stereocenters. The van der Waals surface area contributed by atoms with Crippen LogP contribution in [0.1, 0.15) is 31.7 Å². The summed E-state index contributed by atoms with van der Waals surface area (Å²) < 4.78 is 5.67. The molecule has 0 N–H and O–H groups in total. The van der Waals surface area contributed by atoms with E-state index in [0.29, 0.717) is 0 Å². The number of piperidine rings is 1. The number of carbonyl (C=O) groups excluding carboxylic acids is 1. The topological polar surface area (TPSA) is 32.8 Å². The number of carbonyl (C=O) groups is 1. The lowest BCUT2D eigenvalue weighted by molar-refractivity contribution is -0.157. The molecular weight excluding hydrogens is 276 g/mol. The van der Waals surface area contributed by atoms with Crippen molar-refractivity contribution in [1.29, 1.82) is 0 Å². The number of hydrogen-bond acceptors (Lipinski definition) is 4. The molecule has 0 aliphatic carbocycles. The first-order chi connectivity index (χ1) is 10.5. The van der Waals surface area contributed by atoms with Gasteiger partial charge in [0.2, 0.25) is 0 Å². The number of rotatable bonds is 3. The molecular formula is C18H24N2O2. The summed E-state index contributed by atoms with van der Waals surface area (Å²) in [7, 11) is 4.10. The van der Waals surface area contributed by atoms with Gasteiger partial charge >= 0.3 is 5.97 Å². The summed E-state index contributed by atoms with van der Waals surface area (Å²) in [4.78, 5) is 15.9. The maximum atomic E-state index is 11.4. The van der Waals surface area contributed by atoms with Crippen molar-refractivity contribution < 1.29 is 9.53 Å². The van der Waals surface area contributed by atoms with Gasteiger partial charge in [-0.25, -0.2) is 0 Å². The lowest BCUT2D eigenvalue weighted by Crippen LogP contribution is -2.42. The van der Waals surface area contributed by atoms with Crippen LogP contribution in [0.2, 0.25) is 0 Å². The second-order valence-electron chi connectivity index (χ2n) is 6.60. The summed E-state index contributed by atoms with van der Waals surface area (Å²) in [5.74, 6) is -0.169. The Bertz CT molecular complexity index is 609. The van der Waals surface area contributed by atoms with Gasteiger partial charge in [0, 0.05) is 45.4 Å². The molecule has 2 fully saturated rings. The Morgan fingerprint density at radius 3 is 2.95 bits per heavy atom. The van der Waals surface area contributed by atoms with E-state index in [4.69, 9.17) is 4.74 Å². The van der Waals surface area contributed by atoms with Crippen LogP contribution in [-0.4, -0.2) is 43.7 Å². The fraction of sp³-hybridized carbons (Fsp3) is 0.500. The summed E-state index contributed by atoms with van der Waals surface area (Å²) in [5.41, 5.74) is 3.39. The highest BCUT2D eigenvalue weighted by atomic mass is 16.6. The van der Waals surface area contributed by atoms with E-state index in [-0.39, 0.29) is 11.6 Å². The predicted octanol–water partition coefficient (Wildman–Crippen LogP) is 2.89. The molecule has 2 heterocycles. The van der Waals surface area contributed by atoms with Crippen LogP contribution in [-0.2, 0) is 9.53 Å². The summed E-state index contributed by atoms with van der Waals surface area (Å²) in [6.07, 6.45) is 5.13. The molecule has 0 amide bonds. The zero-order chi connectivity index (χ0) is 15.7. The molecule has 2 saturated heterocycles.